The zero-order chi connectivity index (χ0) is 15.2. The molecule has 0 saturated carbocycles. The summed E-state index contributed by atoms with van der Waals surface area (Å²) >= 11 is 0. The van der Waals surface area contributed by atoms with Crippen molar-refractivity contribution in [3.05, 3.63) is 6.20 Å². The van der Waals surface area contributed by atoms with E-state index in [1.165, 1.54) is 10.9 Å². The van der Waals surface area contributed by atoms with Gasteiger partial charge in [0.2, 0.25) is 10.0 Å². The van der Waals surface area contributed by atoms with E-state index in [9.17, 15) is 8.42 Å². The molecule has 0 radical (unpaired) electrons. The van der Waals surface area contributed by atoms with E-state index in [1.54, 1.807) is 0 Å². The molecule has 0 fully saturated rings. The number of sulfonamides is 1. The molecule has 0 amide bonds. The molecule has 20 heavy (non-hydrogen) atoms. The third kappa shape index (κ3) is 4.46. The Labute approximate surface area is 121 Å². The number of hydrogen-bond acceptors (Lipinski definition) is 5. The maximum absolute atomic E-state index is 12.1. The number of rotatable bonds is 9. The third-order valence-electron chi connectivity index (χ3n) is 3.08. The molecule has 7 nitrogen and oxygen atoms in total. The lowest BCUT2D eigenvalue weighted by Crippen LogP contribution is -2.35. The first-order valence-electron chi connectivity index (χ1n) is 6.99. The van der Waals surface area contributed by atoms with Crippen LogP contribution in [0.1, 0.15) is 27.2 Å². The van der Waals surface area contributed by atoms with Crippen molar-refractivity contribution in [1.82, 2.24) is 19.4 Å². The molecule has 0 spiro atoms. The maximum atomic E-state index is 12.1. The lowest BCUT2D eigenvalue weighted by atomic mass is 10.4. The first-order chi connectivity index (χ1) is 9.44. The summed E-state index contributed by atoms with van der Waals surface area (Å²) in [6.45, 7) is 9.55. The largest absolute Gasteiger partial charge is 0.381 e. The summed E-state index contributed by atoms with van der Waals surface area (Å²) in [5, 5.41) is 3.95. The van der Waals surface area contributed by atoms with Gasteiger partial charge in [0, 0.05) is 25.8 Å². The Bertz CT molecular complexity index is 512. The van der Waals surface area contributed by atoms with Crippen molar-refractivity contribution in [2.45, 2.75) is 38.6 Å². The fourth-order valence-corrected chi connectivity index (χ4v) is 3.04. The fraction of sp³-hybridized carbons (Fsp3) is 0.750. The average Bonchev–Trinajstić information content (AvgIpc) is 2.79. The normalized spacial score (nSPS) is 12.2. The van der Waals surface area contributed by atoms with E-state index in [0.29, 0.717) is 19.6 Å². The van der Waals surface area contributed by atoms with Crippen LogP contribution in [0.15, 0.2) is 11.1 Å². The zero-order valence-electron chi connectivity index (χ0n) is 12.5. The first-order valence-corrected chi connectivity index (χ1v) is 8.47. The monoisotopic (exact) mass is 303 g/mol. The number of aryl methyl sites for hydroxylation is 1. The molecule has 116 valence electrons. The van der Waals surface area contributed by atoms with Gasteiger partial charge in [-0.25, -0.2) is 13.1 Å². The summed E-state index contributed by atoms with van der Waals surface area (Å²) < 4.78 is 28.4. The Hall–Kier alpha value is -1.12. The number of nitrogens with one attached hydrogen (secondary N) is 1. The molecule has 1 rings (SSSR count). The number of nitrogens with two attached hydrogens (primary N) is 1. The van der Waals surface area contributed by atoms with Crippen molar-refractivity contribution in [2.24, 2.45) is 0 Å². The predicted octanol–water partition coefficient (Wildman–Crippen LogP) is 0.495. The minimum absolute atomic E-state index is 0.0419. The van der Waals surface area contributed by atoms with Gasteiger partial charge in [-0.05, 0) is 26.4 Å². The average molecular weight is 303 g/mol. The van der Waals surface area contributed by atoms with Crippen LogP contribution in [0.3, 0.4) is 0 Å². The van der Waals surface area contributed by atoms with Crippen LogP contribution in [0.4, 0.5) is 5.82 Å². The van der Waals surface area contributed by atoms with Crippen LogP contribution in [-0.2, 0) is 16.6 Å². The van der Waals surface area contributed by atoms with E-state index in [0.717, 1.165) is 19.5 Å². The molecule has 1 aromatic heterocycles. The lowest BCUT2D eigenvalue weighted by molar-refractivity contribution is 0.293. The topological polar surface area (TPSA) is 93.2 Å². The van der Waals surface area contributed by atoms with Crippen LogP contribution < -0.4 is 10.5 Å². The molecule has 0 aromatic carbocycles. The highest BCUT2D eigenvalue weighted by molar-refractivity contribution is 7.89. The molecule has 8 heteroatoms. The van der Waals surface area contributed by atoms with Gasteiger partial charge in [-0.1, -0.05) is 13.8 Å². The van der Waals surface area contributed by atoms with Crippen molar-refractivity contribution in [3.63, 3.8) is 0 Å². The Morgan fingerprint density at radius 3 is 2.55 bits per heavy atom. The summed E-state index contributed by atoms with van der Waals surface area (Å²) in [6.07, 6.45) is 2.51. The smallest absolute Gasteiger partial charge is 0.245 e. The fourth-order valence-electron chi connectivity index (χ4n) is 1.95. The molecule has 0 aliphatic rings. The van der Waals surface area contributed by atoms with Crippen molar-refractivity contribution in [1.29, 1.82) is 0 Å². The van der Waals surface area contributed by atoms with Gasteiger partial charge in [-0.2, -0.15) is 5.10 Å². The Morgan fingerprint density at radius 2 is 2.05 bits per heavy atom. The second-order valence-electron chi connectivity index (χ2n) is 4.57. The van der Waals surface area contributed by atoms with E-state index in [-0.39, 0.29) is 10.7 Å². The number of anilines is 1. The van der Waals surface area contributed by atoms with Crippen LogP contribution in [0.2, 0.25) is 0 Å². The van der Waals surface area contributed by atoms with E-state index in [4.69, 9.17) is 5.73 Å². The number of likely N-dealkylation sites (N-methyl/N-ethyl adjacent to an activating group) is 1. The lowest BCUT2D eigenvalue weighted by Gasteiger charge is -2.19. The first kappa shape index (κ1) is 16.9. The van der Waals surface area contributed by atoms with Gasteiger partial charge >= 0.3 is 0 Å². The van der Waals surface area contributed by atoms with Crippen LogP contribution in [-0.4, -0.2) is 49.3 Å². The second-order valence-corrected chi connectivity index (χ2v) is 6.30. The molecule has 3 N–H and O–H groups in total. The number of nitrogens with zero attached hydrogens (tertiary/aromatic N) is 3. The van der Waals surface area contributed by atoms with E-state index < -0.39 is 10.0 Å². The highest BCUT2D eigenvalue weighted by Crippen LogP contribution is 2.15. The van der Waals surface area contributed by atoms with Crippen molar-refractivity contribution in [3.8, 4) is 0 Å². The van der Waals surface area contributed by atoms with Crippen molar-refractivity contribution < 1.29 is 8.42 Å². The minimum atomic E-state index is -3.58. The molecular formula is C12H25N5O2S. The molecule has 0 unspecified atom stereocenters. The second kappa shape index (κ2) is 7.61. The van der Waals surface area contributed by atoms with Crippen LogP contribution >= 0.6 is 0 Å². The Kier molecular flexibility index (Phi) is 6.44. The summed E-state index contributed by atoms with van der Waals surface area (Å²) in [6, 6.07) is 0. The minimum Gasteiger partial charge on any atom is -0.381 e. The van der Waals surface area contributed by atoms with Crippen LogP contribution in [0.5, 0.6) is 0 Å². The number of nitrogen functional groups attached to an aromatic ring is 1. The summed E-state index contributed by atoms with van der Waals surface area (Å²) in [4.78, 5) is 2.25. The van der Waals surface area contributed by atoms with Gasteiger partial charge in [0.1, 0.15) is 4.90 Å². The molecule has 0 bridgehead atoms. The predicted molar refractivity (Wildman–Crippen MR) is 79.9 cm³/mol. The zero-order valence-corrected chi connectivity index (χ0v) is 13.3. The van der Waals surface area contributed by atoms with Gasteiger partial charge in [-0.3, -0.25) is 4.68 Å². The van der Waals surface area contributed by atoms with E-state index in [2.05, 4.69) is 28.6 Å². The molecule has 0 saturated heterocycles. The Balaban J connectivity index is 2.63. The molecule has 1 heterocycles. The van der Waals surface area contributed by atoms with Gasteiger partial charge in [0.05, 0.1) is 0 Å². The van der Waals surface area contributed by atoms with Gasteiger partial charge in [0.15, 0.2) is 5.82 Å². The van der Waals surface area contributed by atoms with Gasteiger partial charge in [-0.15, -0.1) is 0 Å². The van der Waals surface area contributed by atoms with Crippen molar-refractivity contribution >= 4 is 15.8 Å². The maximum Gasteiger partial charge on any atom is 0.245 e. The van der Waals surface area contributed by atoms with Crippen LogP contribution in [0, 0.1) is 0 Å². The highest BCUT2D eigenvalue weighted by Gasteiger charge is 2.20. The van der Waals surface area contributed by atoms with E-state index >= 15 is 0 Å². The standard InChI is InChI=1S/C12H25N5O2S/c1-4-8-16(5-2)9-7-14-20(18,19)11-10-17(6-3)15-12(11)13/h10,14H,4-9H2,1-3H3,(H2,13,15). The number of aromatic nitrogens is 2. The quantitative estimate of drug-likeness (QED) is 0.693. The summed E-state index contributed by atoms with van der Waals surface area (Å²) in [7, 11) is -3.58. The summed E-state index contributed by atoms with van der Waals surface area (Å²) in [5.41, 5.74) is 5.65. The van der Waals surface area contributed by atoms with Crippen LogP contribution in [0.25, 0.3) is 0 Å². The summed E-state index contributed by atoms with van der Waals surface area (Å²) in [5.74, 6) is 0.0419. The molecule has 0 atom stereocenters. The van der Waals surface area contributed by atoms with Crippen molar-refractivity contribution in [2.75, 3.05) is 31.9 Å². The molecular weight excluding hydrogens is 278 g/mol. The highest BCUT2D eigenvalue weighted by atomic mass is 32.2. The number of hydrogen-bond donors (Lipinski definition) is 2. The molecule has 0 aliphatic heterocycles. The van der Waals surface area contributed by atoms with Gasteiger partial charge < -0.3 is 10.6 Å². The SMILES string of the molecule is CCCN(CC)CCNS(=O)(=O)c1cn(CC)nc1N. The Morgan fingerprint density at radius 1 is 1.35 bits per heavy atom. The molecule has 1 aromatic rings. The molecule has 0 aliphatic carbocycles. The van der Waals surface area contributed by atoms with E-state index in [1.807, 2.05) is 6.92 Å². The third-order valence-corrected chi connectivity index (χ3v) is 4.55. The van der Waals surface area contributed by atoms with Gasteiger partial charge in [0.25, 0.3) is 0 Å².